The Bertz CT molecular complexity index is 171. The first kappa shape index (κ1) is 9.03. The number of Topliss-reactive ketones (excluding diaryl/α,β-unsaturated/α-hetero) is 1. The minimum absolute atomic E-state index is 0.00583. The van der Waals surface area contributed by atoms with Crippen molar-refractivity contribution >= 4 is 5.78 Å². The molecular weight excluding hydrogens is 126 g/mol. The van der Waals surface area contributed by atoms with Gasteiger partial charge >= 0.3 is 0 Å². The Kier molecular flexibility index (Phi) is 3.56. The number of carbonyl (C=O) groups is 1. The highest BCUT2D eigenvalue weighted by Crippen LogP contribution is 1.91. The van der Waals surface area contributed by atoms with E-state index >= 15 is 0 Å². The van der Waals surface area contributed by atoms with Crippen molar-refractivity contribution in [3.05, 3.63) is 0 Å². The number of nitrogens with zero attached hydrogens (tertiary/aromatic N) is 1. The van der Waals surface area contributed by atoms with Gasteiger partial charge in [0, 0.05) is 26.1 Å². The second-order valence-corrected chi connectivity index (χ2v) is 2.65. The SMILES string of the molecule is CC(C)C(=O)C#CN(C)C. The molecule has 0 unspecified atom stereocenters. The summed E-state index contributed by atoms with van der Waals surface area (Å²) >= 11 is 0. The first-order valence-electron chi connectivity index (χ1n) is 3.27. The summed E-state index contributed by atoms with van der Waals surface area (Å²) in [5, 5.41) is 0. The largest absolute Gasteiger partial charge is 0.338 e. The molecule has 0 N–H and O–H groups in total. The van der Waals surface area contributed by atoms with Gasteiger partial charge in [-0.15, -0.1) is 0 Å². The molecule has 0 fully saturated rings. The Balaban J connectivity index is 3.93. The van der Waals surface area contributed by atoms with Crippen molar-refractivity contribution in [1.82, 2.24) is 4.90 Å². The lowest BCUT2D eigenvalue weighted by Crippen LogP contribution is -2.07. The molecule has 0 rings (SSSR count). The molecule has 0 saturated carbocycles. The molecule has 0 aromatic carbocycles. The number of hydrogen-bond donors (Lipinski definition) is 0. The molecule has 0 spiro atoms. The minimum Gasteiger partial charge on any atom is -0.338 e. The first-order chi connectivity index (χ1) is 4.54. The van der Waals surface area contributed by atoms with Crippen LogP contribution >= 0.6 is 0 Å². The molecule has 0 saturated heterocycles. The fraction of sp³-hybridized carbons (Fsp3) is 0.625. The molecular formula is C8H13NO. The summed E-state index contributed by atoms with van der Waals surface area (Å²) in [6.45, 7) is 3.68. The van der Waals surface area contributed by atoms with Crippen molar-refractivity contribution in [1.29, 1.82) is 0 Å². The van der Waals surface area contributed by atoms with E-state index in [4.69, 9.17) is 0 Å². The van der Waals surface area contributed by atoms with E-state index < -0.39 is 0 Å². The van der Waals surface area contributed by atoms with Crippen molar-refractivity contribution in [2.45, 2.75) is 13.8 Å². The van der Waals surface area contributed by atoms with E-state index in [2.05, 4.69) is 12.0 Å². The quantitative estimate of drug-likeness (QED) is 0.394. The first-order valence-corrected chi connectivity index (χ1v) is 3.27. The van der Waals surface area contributed by atoms with Gasteiger partial charge in [0.1, 0.15) is 0 Å². The van der Waals surface area contributed by atoms with E-state index in [1.54, 1.807) is 19.0 Å². The summed E-state index contributed by atoms with van der Waals surface area (Å²) in [7, 11) is 3.61. The van der Waals surface area contributed by atoms with Gasteiger partial charge < -0.3 is 4.90 Å². The molecule has 56 valence electrons. The van der Waals surface area contributed by atoms with Crippen LogP contribution in [0.15, 0.2) is 0 Å². The van der Waals surface area contributed by atoms with Crippen molar-refractivity contribution in [3.63, 3.8) is 0 Å². The molecule has 0 aromatic heterocycles. The second-order valence-electron chi connectivity index (χ2n) is 2.65. The fourth-order valence-electron chi connectivity index (χ4n) is 0.311. The summed E-state index contributed by atoms with van der Waals surface area (Å²) in [6, 6.07) is 2.66. The molecule has 0 aliphatic carbocycles. The number of carbonyl (C=O) groups excluding carboxylic acids is 1. The van der Waals surface area contributed by atoms with Crippen LogP contribution in [0.5, 0.6) is 0 Å². The van der Waals surface area contributed by atoms with Gasteiger partial charge in [-0.1, -0.05) is 13.8 Å². The maximum absolute atomic E-state index is 10.8. The molecule has 0 heterocycles. The van der Waals surface area contributed by atoms with Gasteiger partial charge in [-0.2, -0.15) is 0 Å². The molecule has 0 amide bonds. The average Bonchev–Trinajstić information content (AvgIpc) is 1.82. The van der Waals surface area contributed by atoms with Crippen LogP contribution in [0.4, 0.5) is 0 Å². The predicted octanol–water partition coefficient (Wildman–Crippen LogP) is 0.734. The van der Waals surface area contributed by atoms with E-state index in [9.17, 15) is 4.79 Å². The van der Waals surface area contributed by atoms with Crippen molar-refractivity contribution < 1.29 is 4.79 Å². The average molecular weight is 139 g/mol. The predicted molar refractivity (Wildman–Crippen MR) is 41.3 cm³/mol. The standard InChI is InChI=1S/C8H13NO/c1-7(2)8(10)5-6-9(3)4/h7H,1-4H3. The minimum atomic E-state index is -0.00583. The Morgan fingerprint density at radius 3 is 2.20 bits per heavy atom. The number of ketones is 1. The summed E-state index contributed by atoms with van der Waals surface area (Å²) in [5.74, 6) is 2.53. The van der Waals surface area contributed by atoms with Gasteiger partial charge in [0.2, 0.25) is 5.78 Å². The van der Waals surface area contributed by atoms with Gasteiger partial charge in [0.25, 0.3) is 0 Å². The smallest absolute Gasteiger partial charge is 0.209 e. The van der Waals surface area contributed by atoms with Crippen LogP contribution in [0.25, 0.3) is 0 Å². The van der Waals surface area contributed by atoms with Crippen LogP contribution in [0.3, 0.4) is 0 Å². The zero-order valence-electron chi connectivity index (χ0n) is 6.93. The van der Waals surface area contributed by atoms with Crippen molar-refractivity contribution in [2.24, 2.45) is 5.92 Å². The van der Waals surface area contributed by atoms with Gasteiger partial charge in [-0.25, -0.2) is 0 Å². The highest BCUT2D eigenvalue weighted by Gasteiger charge is 2.00. The lowest BCUT2D eigenvalue weighted by Gasteiger charge is -1.98. The van der Waals surface area contributed by atoms with Crippen LogP contribution in [0.2, 0.25) is 0 Å². The number of rotatable bonds is 1. The van der Waals surface area contributed by atoms with E-state index in [1.165, 1.54) is 0 Å². The molecule has 0 atom stereocenters. The molecule has 0 aromatic rings. The summed E-state index contributed by atoms with van der Waals surface area (Å²) in [6.07, 6.45) is 0. The molecule has 2 nitrogen and oxygen atoms in total. The third-order valence-corrected chi connectivity index (χ3v) is 0.927. The molecule has 0 aliphatic rings. The van der Waals surface area contributed by atoms with Crippen molar-refractivity contribution in [2.75, 3.05) is 14.1 Å². The van der Waals surface area contributed by atoms with Crippen LogP contribution in [0, 0.1) is 17.9 Å². The van der Waals surface area contributed by atoms with Gasteiger partial charge in [0.15, 0.2) is 0 Å². The molecule has 10 heavy (non-hydrogen) atoms. The summed E-state index contributed by atoms with van der Waals surface area (Å²) < 4.78 is 0. The highest BCUT2D eigenvalue weighted by atomic mass is 16.1. The Hall–Kier alpha value is -0.970. The van der Waals surface area contributed by atoms with E-state index in [1.807, 2.05) is 13.8 Å². The molecule has 2 heteroatoms. The van der Waals surface area contributed by atoms with Crippen LogP contribution in [-0.4, -0.2) is 24.8 Å². The molecule has 0 radical (unpaired) electrons. The van der Waals surface area contributed by atoms with Gasteiger partial charge in [-0.05, 0) is 5.92 Å². The lowest BCUT2D eigenvalue weighted by molar-refractivity contribution is -0.116. The lowest BCUT2D eigenvalue weighted by atomic mass is 10.1. The van der Waals surface area contributed by atoms with Crippen LogP contribution in [0.1, 0.15) is 13.8 Å². The monoisotopic (exact) mass is 139 g/mol. The summed E-state index contributed by atoms with van der Waals surface area (Å²) in [4.78, 5) is 12.5. The third kappa shape index (κ3) is 3.96. The van der Waals surface area contributed by atoms with E-state index in [0.29, 0.717) is 0 Å². The van der Waals surface area contributed by atoms with E-state index in [-0.39, 0.29) is 11.7 Å². The summed E-state index contributed by atoms with van der Waals surface area (Å²) in [5.41, 5.74) is 0. The van der Waals surface area contributed by atoms with Crippen LogP contribution in [-0.2, 0) is 4.79 Å². The Morgan fingerprint density at radius 1 is 1.40 bits per heavy atom. The third-order valence-electron chi connectivity index (χ3n) is 0.927. The zero-order chi connectivity index (χ0) is 8.15. The Morgan fingerprint density at radius 2 is 1.90 bits per heavy atom. The van der Waals surface area contributed by atoms with Crippen LogP contribution < -0.4 is 0 Å². The topological polar surface area (TPSA) is 20.3 Å². The van der Waals surface area contributed by atoms with Crippen molar-refractivity contribution in [3.8, 4) is 12.0 Å². The number of hydrogen-bond acceptors (Lipinski definition) is 2. The Labute approximate surface area is 62.2 Å². The molecule has 0 bridgehead atoms. The normalized spacial score (nSPS) is 8.50. The maximum atomic E-state index is 10.8. The van der Waals surface area contributed by atoms with E-state index in [0.717, 1.165) is 0 Å². The second kappa shape index (κ2) is 3.94. The van der Waals surface area contributed by atoms with Gasteiger partial charge in [-0.3, -0.25) is 4.79 Å². The zero-order valence-corrected chi connectivity index (χ0v) is 6.93. The maximum Gasteiger partial charge on any atom is 0.209 e. The highest BCUT2D eigenvalue weighted by molar-refractivity contribution is 5.96. The van der Waals surface area contributed by atoms with Gasteiger partial charge in [0.05, 0.1) is 0 Å². The molecule has 0 aliphatic heterocycles. The fourth-order valence-corrected chi connectivity index (χ4v) is 0.311.